The SMILES string of the molecule is C1CCC(OC2CCCCC2)CC1.OCCOCCO. The minimum absolute atomic E-state index is 0.0278. The minimum atomic E-state index is 0.0278. The van der Waals surface area contributed by atoms with Gasteiger partial charge in [0, 0.05) is 0 Å². The quantitative estimate of drug-likeness (QED) is 0.738. The lowest BCUT2D eigenvalue weighted by Crippen LogP contribution is -2.25. The zero-order valence-corrected chi connectivity index (χ0v) is 12.8. The summed E-state index contributed by atoms with van der Waals surface area (Å²) in [6, 6.07) is 0. The maximum Gasteiger partial charge on any atom is 0.0698 e. The molecular weight excluding hydrogens is 256 g/mol. The first-order valence-corrected chi connectivity index (χ1v) is 8.31. The molecular formula is C16H32O4. The molecule has 2 N–H and O–H groups in total. The van der Waals surface area contributed by atoms with E-state index < -0.39 is 0 Å². The van der Waals surface area contributed by atoms with Crippen molar-refractivity contribution in [1.82, 2.24) is 0 Å². The molecule has 2 aliphatic rings. The van der Waals surface area contributed by atoms with Gasteiger partial charge in [-0.05, 0) is 25.7 Å². The standard InChI is InChI=1S/C12H22O.C4H10O3/c1-3-7-11(8-4-1)13-12-9-5-2-6-10-12;5-1-3-7-4-2-6/h11-12H,1-10H2;5-6H,1-4H2. The molecule has 4 heteroatoms. The van der Waals surface area contributed by atoms with E-state index in [4.69, 9.17) is 14.9 Å². The van der Waals surface area contributed by atoms with Crippen LogP contribution in [0, 0.1) is 0 Å². The number of hydrogen-bond donors (Lipinski definition) is 2. The molecule has 0 aromatic rings. The molecule has 2 rings (SSSR count). The summed E-state index contributed by atoms with van der Waals surface area (Å²) in [5.74, 6) is 0. The van der Waals surface area contributed by atoms with Crippen molar-refractivity contribution in [3.8, 4) is 0 Å². The van der Waals surface area contributed by atoms with Gasteiger partial charge in [0.1, 0.15) is 0 Å². The summed E-state index contributed by atoms with van der Waals surface area (Å²) in [6.45, 7) is 0.696. The van der Waals surface area contributed by atoms with E-state index in [0.717, 1.165) is 0 Å². The third-order valence-corrected chi connectivity index (χ3v) is 3.96. The smallest absolute Gasteiger partial charge is 0.0698 e. The van der Waals surface area contributed by atoms with E-state index in [2.05, 4.69) is 4.74 Å². The lowest BCUT2D eigenvalue weighted by molar-refractivity contribution is -0.0450. The highest BCUT2D eigenvalue weighted by Gasteiger charge is 2.20. The first-order chi connectivity index (χ1) is 9.86. The first kappa shape index (κ1) is 17.9. The Labute approximate surface area is 123 Å². The second-order valence-corrected chi connectivity index (χ2v) is 5.72. The summed E-state index contributed by atoms with van der Waals surface area (Å²) in [5.41, 5.74) is 0. The maximum absolute atomic E-state index is 8.09. The van der Waals surface area contributed by atoms with Crippen LogP contribution in [0.1, 0.15) is 64.2 Å². The van der Waals surface area contributed by atoms with E-state index in [0.29, 0.717) is 25.4 Å². The molecule has 0 bridgehead atoms. The van der Waals surface area contributed by atoms with Gasteiger partial charge >= 0.3 is 0 Å². The molecule has 0 aromatic carbocycles. The van der Waals surface area contributed by atoms with E-state index in [1.54, 1.807) is 0 Å². The van der Waals surface area contributed by atoms with Gasteiger partial charge in [0.25, 0.3) is 0 Å². The van der Waals surface area contributed by atoms with Crippen molar-refractivity contribution in [1.29, 1.82) is 0 Å². The second-order valence-electron chi connectivity index (χ2n) is 5.72. The van der Waals surface area contributed by atoms with Crippen LogP contribution in [-0.4, -0.2) is 48.8 Å². The normalized spacial score (nSPS) is 21.3. The van der Waals surface area contributed by atoms with E-state index in [9.17, 15) is 0 Å². The fourth-order valence-corrected chi connectivity index (χ4v) is 2.91. The minimum Gasteiger partial charge on any atom is -0.394 e. The van der Waals surface area contributed by atoms with Crippen molar-refractivity contribution >= 4 is 0 Å². The van der Waals surface area contributed by atoms with Gasteiger partial charge in [0.05, 0.1) is 38.6 Å². The molecule has 0 unspecified atom stereocenters. The summed E-state index contributed by atoms with van der Waals surface area (Å²) < 4.78 is 10.8. The first-order valence-electron chi connectivity index (χ1n) is 8.31. The van der Waals surface area contributed by atoms with Crippen molar-refractivity contribution < 1.29 is 19.7 Å². The van der Waals surface area contributed by atoms with Crippen LogP contribution in [-0.2, 0) is 9.47 Å². The predicted molar refractivity (Wildman–Crippen MR) is 79.8 cm³/mol. The van der Waals surface area contributed by atoms with Crippen molar-refractivity contribution in [3.63, 3.8) is 0 Å². The molecule has 2 fully saturated rings. The lowest BCUT2D eigenvalue weighted by atomic mass is 9.95. The zero-order valence-electron chi connectivity index (χ0n) is 12.8. The van der Waals surface area contributed by atoms with E-state index in [-0.39, 0.29) is 13.2 Å². The Hall–Kier alpha value is -0.160. The monoisotopic (exact) mass is 288 g/mol. The molecule has 0 amide bonds. The largest absolute Gasteiger partial charge is 0.394 e. The van der Waals surface area contributed by atoms with Gasteiger partial charge < -0.3 is 19.7 Å². The molecule has 2 aliphatic carbocycles. The van der Waals surface area contributed by atoms with Crippen LogP contribution in [0.2, 0.25) is 0 Å². The summed E-state index contributed by atoms with van der Waals surface area (Å²) in [7, 11) is 0. The third kappa shape index (κ3) is 8.90. The van der Waals surface area contributed by atoms with Crippen molar-refractivity contribution in [2.45, 2.75) is 76.4 Å². The molecule has 120 valence electrons. The van der Waals surface area contributed by atoms with Crippen molar-refractivity contribution in [3.05, 3.63) is 0 Å². The van der Waals surface area contributed by atoms with E-state index in [1.165, 1.54) is 64.2 Å². The molecule has 0 atom stereocenters. The van der Waals surface area contributed by atoms with E-state index in [1.807, 2.05) is 0 Å². The number of hydrogen-bond acceptors (Lipinski definition) is 4. The number of aliphatic hydroxyl groups excluding tert-OH is 2. The van der Waals surface area contributed by atoms with Crippen LogP contribution < -0.4 is 0 Å². The molecule has 0 spiro atoms. The van der Waals surface area contributed by atoms with Crippen LogP contribution in [0.25, 0.3) is 0 Å². The summed E-state index contributed by atoms with van der Waals surface area (Å²) in [4.78, 5) is 0. The summed E-state index contributed by atoms with van der Waals surface area (Å²) in [6.07, 6.45) is 15.0. The van der Waals surface area contributed by atoms with Crippen LogP contribution in [0.3, 0.4) is 0 Å². The second kappa shape index (κ2) is 12.6. The Morgan fingerprint density at radius 2 is 1.05 bits per heavy atom. The Balaban J connectivity index is 0.000000246. The Bertz CT molecular complexity index is 179. The number of aliphatic hydroxyl groups is 2. The number of ether oxygens (including phenoxy) is 2. The molecule has 0 aromatic heterocycles. The predicted octanol–water partition coefficient (Wildman–Crippen LogP) is 2.66. The van der Waals surface area contributed by atoms with Crippen LogP contribution in [0.5, 0.6) is 0 Å². The van der Waals surface area contributed by atoms with Gasteiger partial charge in [-0.15, -0.1) is 0 Å². The maximum atomic E-state index is 8.09. The number of rotatable bonds is 6. The van der Waals surface area contributed by atoms with Gasteiger partial charge in [0.15, 0.2) is 0 Å². The molecule has 0 heterocycles. The van der Waals surface area contributed by atoms with Crippen molar-refractivity contribution in [2.24, 2.45) is 0 Å². The van der Waals surface area contributed by atoms with Crippen molar-refractivity contribution in [2.75, 3.05) is 26.4 Å². The Morgan fingerprint density at radius 3 is 1.40 bits per heavy atom. The highest BCUT2D eigenvalue weighted by molar-refractivity contribution is 4.71. The Morgan fingerprint density at radius 1 is 0.650 bits per heavy atom. The molecule has 20 heavy (non-hydrogen) atoms. The summed E-state index contributed by atoms with van der Waals surface area (Å²) >= 11 is 0. The summed E-state index contributed by atoms with van der Waals surface area (Å²) in [5, 5.41) is 16.2. The van der Waals surface area contributed by atoms with Gasteiger partial charge in [-0.3, -0.25) is 0 Å². The van der Waals surface area contributed by atoms with Gasteiger partial charge in [-0.1, -0.05) is 38.5 Å². The average Bonchev–Trinajstić information content (AvgIpc) is 2.51. The fraction of sp³-hybridized carbons (Fsp3) is 1.00. The lowest BCUT2D eigenvalue weighted by Gasteiger charge is -2.29. The Kier molecular flexibility index (Phi) is 11.2. The molecule has 0 aliphatic heterocycles. The van der Waals surface area contributed by atoms with Gasteiger partial charge in [-0.25, -0.2) is 0 Å². The molecule has 4 nitrogen and oxygen atoms in total. The molecule has 0 radical (unpaired) electrons. The third-order valence-electron chi connectivity index (χ3n) is 3.96. The zero-order chi connectivity index (χ0) is 14.5. The average molecular weight is 288 g/mol. The van der Waals surface area contributed by atoms with E-state index >= 15 is 0 Å². The highest BCUT2D eigenvalue weighted by Crippen LogP contribution is 2.26. The van der Waals surface area contributed by atoms with Crippen LogP contribution >= 0.6 is 0 Å². The highest BCUT2D eigenvalue weighted by atomic mass is 16.5. The molecule has 2 saturated carbocycles. The van der Waals surface area contributed by atoms with Crippen LogP contribution in [0.4, 0.5) is 0 Å². The van der Waals surface area contributed by atoms with Gasteiger partial charge in [-0.2, -0.15) is 0 Å². The van der Waals surface area contributed by atoms with Crippen LogP contribution in [0.15, 0.2) is 0 Å². The van der Waals surface area contributed by atoms with Gasteiger partial charge in [0.2, 0.25) is 0 Å². The molecule has 0 saturated heterocycles. The topological polar surface area (TPSA) is 58.9 Å². The fourth-order valence-electron chi connectivity index (χ4n) is 2.91.